The zero-order valence-corrected chi connectivity index (χ0v) is 31.2. The fourth-order valence-corrected chi connectivity index (χ4v) is 9.32. The lowest BCUT2D eigenvalue weighted by atomic mass is 9.73. The van der Waals surface area contributed by atoms with Gasteiger partial charge in [0.2, 0.25) is 0 Å². The van der Waals surface area contributed by atoms with Crippen molar-refractivity contribution in [2.75, 3.05) is 0 Å². The van der Waals surface area contributed by atoms with Gasteiger partial charge in [-0.1, -0.05) is 171 Å². The quantitative estimate of drug-likeness (QED) is 0.174. The second kappa shape index (κ2) is 13.1. The third-order valence-corrected chi connectivity index (χ3v) is 11.9. The molecule has 0 aliphatic heterocycles. The molecule has 2 heteroatoms. The lowest BCUT2D eigenvalue weighted by Crippen LogP contribution is -2.12. The van der Waals surface area contributed by atoms with E-state index in [0.29, 0.717) is 5.92 Å². The van der Waals surface area contributed by atoms with Crippen molar-refractivity contribution in [1.29, 1.82) is 0 Å². The Balaban J connectivity index is 1.15. The van der Waals surface area contributed by atoms with Gasteiger partial charge in [0.15, 0.2) is 0 Å². The van der Waals surface area contributed by atoms with Gasteiger partial charge in [-0.25, -0.2) is 4.98 Å². The highest BCUT2D eigenvalue weighted by Gasteiger charge is 2.28. The number of imidazole rings is 1. The van der Waals surface area contributed by atoms with Crippen molar-refractivity contribution in [2.45, 2.75) is 13.3 Å². The van der Waals surface area contributed by atoms with E-state index in [0.717, 1.165) is 34.5 Å². The molecule has 0 radical (unpaired) electrons. The molecular weight excluding hydrogens is 677 g/mol. The first-order valence-corrected chi connectivity index (χ1v) is 19.6. The van der Waals surface area contributed by atoms with Crippen molar-refractivity contribution in [3.05, 3.63) is 205 Å². The Labute approximate surface area is 326 Å². The van der Waals surface area contributed by atoms with E-state index < -0.39 is 0 Å². The standard InChI is InChI=1S/C54H38N2/c1-35-33-48-49(34-47(35)38-29-31-39(32-30-38)54-55-50-27-11-12-28-51(50)56(54)40-19-3-2-4-20-40)53(44-26-14-18-37-16-6-8-22-42(37)44)46-24-10-9-23-45(46)52(48)43-25-13-17-36-15-5-7-21-41(36)43/h2-32,34-35H,33H2,1H3. The summed E-state index contributed by atoms with van der Waals surface area (Å²) in [5.41, 5.74) is 14.9. The van der Waals surface area contributed by atoms with Crippen LogP contribution in [0.1, 0.15) is 23.6 Å². The number of allylic oxidation sites excluding steroid dienone is 1. The Morgan fingerprint density at radius 1 is 0.482 bits per heavy atom. The fraction of sp³-hybridized carbons (Fsp3) is 0.0556. The van der Waals surface area contributed by atoms with Crippen LogP contribution in [0, 0.1) is 5.92 Å². The second-order valence-electron chi connectivity index (χ2n) is 15.1. The van der Waals surface area contributed by atoms with E-state index in [1.165, 1.54) is 76.8 Å². The van der Waals surface area contributed by atoms with Crippen molar-refractivity contribution in [2.24, 2.45) is 5.92 Å². The van der Waals surface area contributed by atoms with Crippen molar-refractivity contribution >= 4 is 55.0 Å². The molecule has 1 unspecified atom stereocenters. The van der Waals surface area contributed by atoms with Gasteiger partial charge in [0.05, 0.1) is 11.0 Å². The summed E-state index contributed by atoms with van der Waals surface area (Å²) in [5, 5.41) is 7.68. The summed E-state index contributed by atoms with van der Waals surface area (Å²) in [6.45, 7) is 2.40. The van der Waals surface area contributed by atoms with Gasteiger partial charge < -0.3 is 0 Å². The van der Waals surface area contributed by atoms with Crippen LogP contribution in [0.4, 0.5) is 0 Å². The fourth-order valence-electron chi connectivity index (χ4n) is 9.32. The third-order valence-electron chi connectivity index (χ3n) is 11.9. The monoisotopic (exact) mass is 714 g/mol. The van der Waals surface area contributed by atoms with Gasteiger partial charge in [-0.05, 0) is 120 Å². The molecule has 9 aromatic carbocycles. The molecule has 1 aliphatic carbocycles. The summed E-state index contributed by atoms with van der Waals surface area (Å²) in [5.74, 6) is 1.25. The van der Waals surface area contributed by atoms with E-state index in [9.17, 15) is 0 Å². The highest BCUT2D eigenvalue weighted by Crippen LogP contribution is 2.50. The molecule has 0 fully saturated rings. The topological polar surface area (TPSA) is 17.8 Å². The van der Waals surface area contributed by atoms with Gasteiger partial charge in [-0.3, -0.25) is 4.57 Å². The van der Waals surface area contributed by atoms with E-state index in [1.54, 1.807) is 0 Å². The number of hydrogen-bond acceptors (Lipinski definition) is 1. The highest BCUT2D eigenvalue weighted by atomic mass is 15.1. The van der Waals surface area contributed by atoms with Crippen molar-refractivity contribution in [1.82, 2.24) is 9.55 Å². The van der Waals surface area contributed by atoms with Gasteiger partial charge in [0.25, 0.3) is 0 Å². The lowest BCUT2D eigenvalue weighted by molar-refractivity contribution is 0.740. The summed E-state index contributed by atoms with van der Waals surface area (Å²) in [6.07, 6.45) is 3.46. The van der Waals surface area contributed by atoms with Crippen LogP contribution in [-0.2, 0) is 6.42 Å². The maximum atomic E-state index is 5.15. The zero-order valence-electron chi connectivity index (χ0n) is 31.2. The number of para-hydroxylation sites is 3. The maximum absolute atomic E-state index is 5.15. The zero-order chi connectivity index (χ0) is 37.2. The van der Waals surface area contributed by atoms with Crippen LogP contribution in [-0.4, -0.2) is 9.55 Å². The first kappa shape index (κ1) is 32.4. The molecule has 0 saturated carbocycles. The largest absolute Gasteiger partial charge is 0.292 e. The molecule has 0 amide bonds. The van der Waals surface area contributed by atoms with Crippen LogP contribution < -0.4 is 0 Å². The number of fused-ring (bicyclic) bond motifs is 5. The maximum Gasteiger partial charge on any atom is 0.145 e. The summed E-state index contributed by atoms with van der Waals surface area (Å²) < 4.78 is 2.28. The van der Waals surface area contributed by atoms with E-state index in [-0.39, 0.29) is 0 Å². The molecule has 0 N–H and O–H groups in total. The average Bonchev–Trinajstić information content (AvgIpc) is 3.65. The number of benzene rings is 9. The molecule has 1 aromatic heterocycles. The minimum absolute atomic E-state index is 0.303. The number of rotatable bonds is 5. The van der Waals surface area contributed by atoms with E-state index in [1.807, 2.05) is 0 Å². The summed E-state index contributed by atoms with van der Waals surface area (Å²) >= 11 is 0. The van der Waals surface area contributed by atoms with Gasteiger partial charge in [-0.15, -0.1) is 0 Å². The molecule has 1 atom stereocenters. The summed E-state index contributed by atoms with van der Waals surface area (Å²) in [4.78, 5) is 5.15. The Bertz CT molecular complexity index is 3150. The summed E-state index contributed by atoms with van der Waals surface area (Å²) in [6, 6.07) is 68.4. The Hall–Kier alpha value is -7.03. The summed E-state index contributed by atoms with van der Waals surface area (Å²) in [7, 11) is 0. The molecule has 0 bridgehead atoms. The Morgan fingerprint density at radius 3 is 1.71 bits per heavy atom. The predicted octanol–water partition coefficient (Wildman–Crippen LogP) is 14.2. The molecule has 1 heterocycles. The first-order chi connectivity index (χ1) is 27.7. The molecule has 2 nitrogen and oxygen atoms in total. The lowest BCUT2D eigenvalue weighted by Gasteiger charge is -2.30. The second-order valence-corrected chi connectivity index (χ2v) is 15.1. The van der Waals surface area contributed by atoms with Crippen LogP contribution in [0.3, 0.4) is 0 Å². The average molecular weight is 715 g/mol. The number of nitrogens with zero attached hydrogens (tertiary/aromatic N) is 2. The van der Waals surface area contributed by atoms with Gasteiger partial charge in [0.1, 0.15) is 5.82 Å². The SMILES string of the molecule is CC1Cc2c(c(-c3cccc4ccccc34)c3ccccc3c2-c2cccc3ccccc23)C=C1c1ccc(-c2nc3ccccc3n2-c2ccccc2)cc1. The highest BCUT2D eigenvalue weighted by molar-refractivity contribution is 6.17. The van der Waals surface area contributed by atoms with E-state index >= 15 is 0 Å². The van der Waals surface area contributed by atoms with Crippen molar-refractivity contribution < 1.29 is 0 Å². The molecule has 264 valence electrons. The van der Waals surface area contributed by atoms with Crippen LogP contribution >= 0.6 is 0 Å². The van der Waals surface area contributed by atoms with Crippen molar-refractivity contribution in [3.63, 3.8) is 0 Å². The van der Waals surface area contributed by atoms with Crippen LogP contribution in [0.2, 0.25) is 0 Å². The third kappa shape index (κ3) is 5.14. The Morgan fingerprint density at radius 2 is 1.02 bits per heavy atom. The van der Waals surface area contributed by atoms with Gasteiger partial charge in [-0.2, -0.15) is 0 Å². The number of hydrogen-bond donors (Lipinski definition) is 0. The van der Waals surface area contributed by atoms with E-state index in [4.69, 9.17) is 4.98 Å². The molecule has 0 saturated heterocycles. The molecule has 56 heavy (non-hydrogen) atoms. The van der Waals surface area contributed by atoms with E-state index in [2.05, 4.69) is 206 Å². The Kier molecular flexibility index (Phi) is 7.57. The van der Waals surface area contributed by atoms with Crippen LogP contribution in [0.15, 0.2) is 188 Å². The smallest absolute Gasteiger partial charge is 0.145 e. The van der Waals surface area contributed by atoms with Crippen molar-refractivity contribution in [3.8, 4) is 39.3 Å². The molecular formula is C54H38N2. The van der Waals surface area contributed by atoms with Gasteiger partial charge in [0, 0.05) is 11.3 Å². The molecule has 10 aromatic rings. The molecule has 1 aliphatic rings. The normalized spacial score (nSPS) is 14.0. The van der Waals surface area contributed by atoms with Crippen LogP contribution in [0.5, 0.6) is 0 Å². The van der Waals surface area contributed by atoms with Gasteiger partial charge >= 0.3 is 0 Å². The van der Waals surface area contributed by atoms with Crippen LogP contribution in [0.25, 0.3) is 94.3 Å². The number of aromatic nitrogens is 2. The predicted molar refractivity (Wildman–Crippen MR) is 237 cm³/mol. The minimum atomic E-state index is 0.303. The molecule has 0 spiro atoms. The minimum Gasteiger partial charge on any atom is -0.292 e. The first-order valence-electron chi connectivity index (χ1n) is 19.6. The molecule has 11 rings (SSSR count).